The highest BCUT2D eigenvalue weighted by Crippen LogP contribution is 2.24. The number of carboxylic acids is 1. The fourth-order valence-electron chi connectivity index (χ4n) is 1.77. The van der Waals surface area contributed by atoms with E-state index in [-0.39, 0.29) is 6.54 Å². The highest BCUT2D eigenvalue weighted by molar-refractivity contribution is 6.30. The van der Waals surface area contributed by atoms with Crippen LogP contribution in [0.15, 0.2) is 24.3 Å². The monoisotopic (exact) mass is 255 g/mol. The summed E-state index contributed by atoms with van der Waals surface area (Å²) in [6, 6.07) is 7.67. The van der Waals surface area contributed by atoms with E-state index in [0.717, 1.165) is 12.0 Å². The molecule has 0 bridgehead atoms. The molecule has 3 nitrogen and oxygen atoms in total. The SMILES string of the molecule is CC(CCC(CN)C(=O)O)c1cccc(Cl)c1. The summed E-state index contributed by atoms with van der Waals surface area (Å²) in [6.07, 6.45) is 1.40. The van der Waals surface area contributed by atoms with Crippen molar-refractivity contribution in [3.8, 4) is 0 Å². The van der Waals surface area contributed by atoms with E-state index < -0.39 is 11.9 Å². The number of carboxylic acid groups (broad SMARTS) is 1. The fourth-order valence-corrected chi connectivity index (χ4v) is 1.97. The van der Waals surface area contributed by atoms with Crippen molar-refractivity contribution in [3.05, 3.63) is 34.9 Å². The van der Waals surface area contributed by atoms with Gasteiger partial charge in [-0.05, 0) is 36.5 Å². The minimum absolute atomic E-state index is 0.192. The highest BCUT2D eigenvalue weighted by Gasteiger charge is 2.17. The van der Waals surface area contributed by atoms with Gasteiger partial charge in [-0.2, -0.15) is 0 Å². The second-order valence-electron chi connectivity index (χ2n) is 4.30. The Morgan fingerprint density at radius 3 is 2.71 bits per heavy atom. The molecule has 1 aromatic carbocycles. The van der Waals surface area contributed by atoms with E-state index in [2.05, 4.69) is 6.92 Å². The lowest BCUT2D eigenvalue weighted by molar-refractivity contribution is -0.141. The zero-order chi connectivity index (χ0) is 12.8. The van der Waals surface area contributed by atoms with Crippen molar-refractivity contribution in [2.24, 2.45) is 11.7 Å². The highest BCUT2D eigenvalue weighted by atomic mass is 35.5. The molecule has 2 unspecified atom stereocenters. The predicted molar refractivity (Wildman–Crippen MR) is 69.3 cm³/mol. The molecule has 0 fully saturated rings. The van der Waals surface area contributed by atoms with Crippen molar-refractivity contribution in [3.63, 3.8) is 0 Å². The maximum atomic E-state index is 10.8. The molecule has 0 saturated heterocycles. The van der Waals surface area contributed by atoms with Gasteiger partial charge in [0.05, 0.1) is 5.92 Å². The molecule has 4 heteroatoms. The van der Waals surface area contributed by atoms with Gasteiger partial charge in [-0.1, -0.05) is 30.7 Å². The van der Waals surface area contributed by atoms with Crippen LogP contribution in [0.1, 0.15) is 31.2 Å². The van der Waals surface area contributed by atoms with Crippen LogP contribution in [0.3, 0.4) is 0 Å². The third-order valence-electron chi connectivity index (χ3n) is 3.00. The molecular weight excluding hydrogens is 238 g/mol. The number of aliphatic carboxylic acids is 1. The topological polar surface area (TPSA) is 63.3 Å². The molecule has 2 atom stereocenters. The number of carbonyl (C=O) groups is 1. The van der Waals surface area contributed by atoms with E-state index in [1.807, 2.05) is 24.3 Å². The molecule has 0 aliphatic rings. The van der Waals surface area contributed by atoms with Crippen molar-refractivity contribution in [2.75, 3.05) is 6.54 Å². The molecule has 0 aliphatic heterocycles. The average Bonchev–Trinajstić information content (AvgIpc) is 2.29. The van der Waals surface area contributed by atoms with Gasteiger partial charge >= 0.3 is 5.97 Å². The van der Waals surface area contributed by atoms with Gasteiger partial charge in [0, 0.05) is 11.6 Å². The summed E-state index contributed by atoms with van der Waals surface area (Å²) in [5.74, 6) is -0.968. The van der Waals surface area contributed by atoms with Gasteiger partial charge in [-0.3, -0.25) is 4.79 Å². The van der Waals surface area contributed by atoms with Crippen LogP contribution in [0.4, 0.5) is 0 Å². The first-order valence-corrected chi connectivity index (χ1v) is 6.10. The third kappa shape index (κ3) is 4.36. The molecular formula is C13H18ClNO2. The third-order valence-corrected chi connectivity index (χ3v) is 3.23. The van der Waals surface area contributed by atoms with Crippen LogP contribution < -0.4 is 5.73 Å². The van der Waals surface area contributed by atoms with Gasteiger partial charge in [0.25, 0.3) is 0 Å². The van der Waals surface area contributed by atoms with Crippen molar-refractivity contribution >= 4 is 17.6 Å². The van der Waals surface area contributed by atoms with Crippen molar-refractivity contribution in [1.82, 2.24) is 0 Å². The molecule has 1 aromatic rings. The molecule has 17 heavy (non-hydrogen) atoms. The first-order valence-electron chi connectivity index (χ1n) is 5.73. The fraction of sp³-hybridized carbons (Fsp3) is 0.462. The molecule has 3 N–H and O–H groups in total. The zero-order valence-electron chi connectivity index (χ0n) is 9.90. The molecule has 0 saturated carbocycles. The maximum Gasteiger partial charge on any atom is 0.307 e. The zero-order valence-corrected chi connectivity index (χ0v) is 10.7. The van der Waals surface area contributed by atoms with Crippen LogP contribution in [0.2, 0.25) is 5.02 Å². The van der Waals surface area contributed by atoms with Gasteiger partial charge in [-0.25, -0.2) is 0 Å². The summed E-state index contributed by atoms with van der Waals surface area (Å²) in [4.78, 5) is 10.8. The van der Waals surface area contributed by atoms with Gasteiger partial charge < -0.3 is 10.8 Å². The van der Waals surface area contributed by atoms with E-state index in [1.54, 1.807) is 0 Å². The number of halogens is 1. The normalized spacial score (nSPS) is 14.3. The molecule has 0 radical (unpaired) electrons. The van der Waals surface area contributed by atoms with E-state index in [0.29, 0.717) is 17.4 Å². The lowest BCUT2D eigenvalue weighted by atomic mass is 9.92. The summed E-state index contributed by atoms with van der Waals surface area (Å²) in [6.45, 7) is 2.26. The minimum atomic E-state index is -0.814. The number of hydrogen-bond acceptors (Lipinski definition) is 2. The van der Waals surface area contributed by atoms with Gasteiger partial charge in [-0.15, -0.1) is 0 Å². The Hall–Kier alpha value is -1.06. The van der Waals surface area contributed by atoms with Crippen molar-refractivity contribution in [2.45, 2.75) is 25.7 Å². The minimum Gasteiger partial charge on any atom is -0.481 e. The predicted octanol–water partition coefficient (Wildman–Crippen LogP) is 2.88. The second-order valence-corrected chi connectivity index (χ2v) is 4.74. The lowest BCUT2D eigenvalue weighted by Gasteiger charge is -2.15. The molecule has 0 heterocycles. The quantitative estimate of drug-likeness (QED) is 0.822. The maximum absolute atomic E-state index is 10.8. The number of nitrogens with two attached hydrogens (primary N) is 1. The Balaban J connectivity index is 2.55. The Bertz CT molecular complexity index is 381. The van der Waals surface area contributed by atoms with E-state index in [4.69, 9.17) is 22.4 Å². The molecule has 0 aromatic heterocycles. The molecule has 1 rings (SSSR count). The smallest absolute Gasteiger partial charge is 0.307 e. The first-order chi connectivity index (χ1) is 8.04. The van der Waals surface area contributed by atoms with Crippen molar-refractivity contribution in [1.29, 1.82) is 0 Å². The molecule has 94 valence electrons. The summed E-state index contributed by atoms with van der Waals surface area (Å²) in [7, 11) is 0. The van der Waals surface area contributed by atoms with Crippen LogP contribution in [-0.2, 0) is 4.79 Å². The van der Waals surface area contributed by atoms with Crippen LogP contribution in [0.5, 0.6) is 0 Å². The van der Waals surface area contributed by atoms with Crippen LogP contribution in [0.25, 0.3) is 0 Å². The lowest BCUT2D eigenvalue weighted by Crippen LogP contribution is -2.23. The Labute approximate surface area is 107 Å². The summed E-state index contributed by atoms with van der Waals surface area (Å²) in [5.41, 5.74) is 6.56. The van der Waals surface area contributed by atoms with Crippen molar-refractivity contribution < 1.29 is 9.90 Å². The average molecular weight is 256 g/mol. The number of rotatable bonds is 6. The molecule has 0 spiro atoms. The number of benzene rings is 1. The van der Waals surface area contributed by atoms with Crippen LogP contribution in [-0.4, -0.2) is 17.6 Å². The van der Waals surface area contributed by atoms with Crippen LogP contribution in [0, 0.1) is 5.92 Å². The van der Waals surface area contributed by atoms with E-state index >= 15 is 0 Å². The Kier molecular flexibility index (Phi) is 5.45. The van der Waals surface area contributed by atoms with Gasteiger partial charge in [0.2, 0.25) is 0 Å². The van der Waals surface area contributed by atoms with Crippen LogP contribution >= 0.6 is 11.6 Å². The summed E-state index contributed by atoms with van der Waals surface area (Å²) >= 11 is 5.92. The summed E-state index contributed by atoms with van der Waals surface area (Å²) < 4.78 is 0. The standard InChI is InChI=1S/C13H18ClNO2/c1-9(5-6-11(8-15)13(16)17)10-3-2-4-12(14)7-10/h2-4,7,9,11H,5-6,8,15H2,1H3,(H,16,17). The van der Waals surface area contributed by atoms with Gasteiger partial charge in [0.1, 0.15) is 0 Å². The Morgan fingerprint density at radius 1 is 1.47 bits per heavy atom. The van der Waals surface area contributed by atoms with E-state index in [1.165, 1.54) is 0 Å². The largest absolute Gasteiger partial charge is 0.481 e. The molecule has 0 amide bonds. The second kappa shape index (κ2) is 6.62. The first kappa shape index (κ1) is 14.0. The number of hydrogen-bond donors (Lipinski definition) is 2. The molecule has 0 aliphatic carbocycles. The summed E-state index contributed by atoms with van der Waals surface area (Å²) in [5, 5.41) is 9.61. The van der Waals surface area contributed by atoms with Gasteiger partial charge in [0.15, 0.2) is 0 Å². The Morgan fingerprint density at radius 2 is 2.18 bits per heavy atom. The van der Waals surface area contributed by atoms with E-state index in [9.17, 15) is 4.79 Å².